The molecular weight excluding hydrogens is 348 g/mol. The Morgan fingerprint density at radius 2 is 1.43 bits per heavy atom. The molecule has 2 N–H and O–H groups in total. The van der Waals surface area contributed by atoms with E-state index in [1.165, 1.54) is 0 Å². The van der Waals surface area contributed by atoms with E-state index in [9.17, 15) is 10.2 Å². The van der Waals surface area contributed by atoms with E-state index in [-0.39, 0.29) is 5.75 Å². The molecule has 138 valence electrons. The number of phenolic OH excluding ortho intramolecular Hbond substituents is 1. The molecule has 2 unspecified atom stereocenters. The van der Waals surface area contributed by atoms with Crippen LogP contribution in [0.5, 0.6) is 5.75 Å². The van der Waals surface area contributed by atoms with E-state index in [0.717, 1.165) is 16.7 Å². The number of para-hydroxylation sites is 1. The van der Waals surface area contributed by atoms with Gasteiger partial charge in [-0.25, -0.2) is 0 Å². The van der Waals surface area contributed by atoms with Crippen molar-refractivity contribution in [1.82, 2.24) is 0 Å². The number of aliphatic hydroxyl groups is 1. The van der Waals surface area contributed by atoms with E-state index in [2.05, 4.69) is 10.2 Å². The Morgan fingerprint density at radius 3 is 2.14 bits per heavy atom. The van der Waals surface area contributed by atoms with E-state index >= 15 is 0 Å². The van der Waals surface area contributed by atoms with E-state index in [1.807, 2.05) is 72.8 Å². The van der Waals surface area contributed by atoms with E-state index < -0.39 is 11.6 Å². The summed E-state index contributed by atoms with van der Waals surface area (Å²) in [6.45, 7) is 0. The molecule has 3 aromatic rings. The van der Waals surface area contributed by atoms with Gasteiger partial charge >= 0.3 is 0 Å². The van der Waals surface area contributed by atoms with E-state index in [4.69, 9.17) is 0 Å². The Bertz CT molecular complexity index is 1040. The lowest BCUT2D eigenvalue weighted by atomic mass is 9.79. The highest BCUT2D eigenvalue weighted by atomic mass is 16.3. The summed E-state index contributed by atoms with van der Waals surface area (Å²) in [5.74, 6) is 0.0440. The van der Waals surface area contributed by atoms with Crippen molar-refractivity contribution in [3.63, 3.8) is 0 Å². The number of phenols is 1. The highest BCUT2D eigenvalue weighted by Gasteiger charge is 2.39. The molecule has 0 bridgehead atoms. The molecule has 28 heavy (non-hydrogen) atoms. The molecule has 3 aromatic carbocycles. The average Bonchev–Trinajstić information content (AvgIpc) is 2.75. The smallest absolute Gasteiger partial charge is 0.155 e. The minimum Gasteiger partial charge on any atom is -0.506 e. The second-order valence-corrected chi connectivity index (χ2v) is 6.65. The molecule has 4 nitrogen and oxygen atoms in total. The van der Waals surface area contributed by atoms with Gasteiger partial charge in [0.25, 0.3) is 0 Å². The van der Waals surface area contributed by atoms with Crippen LogP contribution < -0.4 is 0 Å². The summed E-state index contributed by atoms with van der Waals surface area (Å²) in [6, 6.07) is 26.3. The third kappa shape index (κ3) is 3.38. The summed E-state index contributed by atoms with van der Waals surface area (Å²) < 4.78 is 0. The molecule has 0 amide bonds. The van der Waals surface area contributed by atoms with Crippen LogP contribution in [-0.2, 0) is 5.54 Å². The van der Waals surface area contributed by atoms with E-state index in [1.54, 1.807) is 30.3 Å². The first-order chi connectivity index (χ1) is 13.7. The largest absolute Gasteiger partial charge is 0.506 e. The van der Waals surface area contributed by atoms with Gasteiger partial charge in [-0.2, -0.15) is 10.2 Å². The summed E-state index contributed by atoms with van der Waals surface area (Å²) in [5, 5.41) is 29.8. The predicted octanol–water partition coefficient (Wildman–Crippen LogP) is 5.39. The molecular formula is C24H20N2O2. The maximum absolute atomic E-state index is 10.9. The molecule has 0 radical (unpaired) electrons. The second-order valence-electron chi connectivity index (χ2n) is 6.65. The highest BCUT2D eigenvalue weighted by Crippen LogP contribution is 2.40. The van der Waals surface area contributed by atoms with Crippen LogP contribution in [0.15, 0.2) is 113 Å². The molecule has 0 aliphatic heterocycles. The zero-order valence-electron chi connectivity index (χ0n) is 15.2. The topological polar surface area (TPSA) is 65.2 Å². The van der Waals surface area contributed by atoms with Gasteiger partial charge in [0.2, 0.25) is 0 Å². The standard InChI is InChI=1S/C24H20N2O2/c27-22-14-8-7-13-21(22)25-26-24(20-11-5-2-6-12-20)17-19(15-16-23(24)28)18-9-3-1-4-10-18/h1-17,23,27-28H. The number of allylic oxidation sites excluding steroid dienone is 2. The molecule has 4 rings (SSSR count). The van der Waals surface area contributed by atoms with Gasteiger partial charge in [-0.3, -0.25) is 0 Å². The fraction of sp³-hybridized carbons (Fsp3) is 0.0833. The van der Waals surface area contributed by atoms with Crippen LogP contribution in [0.2, 0.25) is 0 Å². The van der Waals surface area contributed by atoms with Gasteiger partial charge < -0.3 is 10.2 Å². The molecule has 4 heteroatoms. The van der Waals surface area contributed by atoms with Gasteiger partial charge in [0.1, 0.15) is 17.5 Å². The fourth-order valence-electron chi connectivity index (χ4n) is 3.31. The molecule has 0 spiro atoms. The minimum atomic E-state index is -1.09. The molecule has 0 fully saturated rings. The number of hydrogen-bond donors (Lipinski definition) is 2. The molecule has 0 heterocycles. The van der Waals surface area contributed by atoms with Crippen LogP contribution in [0.25, 0.3) is 5.57 Å². The van der Waals surface area contributed by atoms with Crippen molar-refractivity contribution in [1.29, 1.82) is 0 Å². The summed E-state index contributed by atoms with van der Waals surface area (Å²) in [7, 11) is 0. The van der Waals surface area contributed by atoms with Gasteiger partial charge in [0, 0.05) is 0 Å². The van der Waals surface area contributed by atoms with Crippen molar-refractivity contribution in [3.05, 3.63) is 114 Å². The first-order valence-electron chi connectivity index (χ1n) is 9.10. The Hall–Kier alpha value is -3.50. The quantitative estimate of drug-likeness (QED) is 0.607. The summed E-state index contributed by atoms with van der Waals surface area (Å²) in [6.07, 6.45) is 4.68. The Morgan fingerprint density at radius 1 is 0.786 bits per heavy atom. The van der Waals surface area contributed by atoms with Gasteiger partial charge in [-0.05, 0) is 34.9 Å². The van der Waals surface area contributed by atoms with Crippen molar-refractivity contribution >= 4 is 11.3 Å². The Labute approximate surface area is 163 Å². The SMILES string of the molecule is Oc1ccccc1N=NC1(c2ccccc2)C=C(c2ccccc2)C=CC1O. The van der Waals surface area contributed by atoms with Crippen molar-refractivity contribution in [3.8, 4) is 5.75 Å². The lowest BCUT2D eigenvalue weighted by Gasteiger charge is -2.33. The number of aliphatic hydroxyl groups excluding tert-OH is 1. The first-order valence-corrected chi connectivity index (χ1v) is 9.10. The Balaban J connectivity index is 1.87. The van der Waals surface area contributed by atoms with Crippen LogP contribution in [0.4, 0.5) is 5.69 Å². The number of aromatic hydroxyl groups is 1. The predicted molar refractivity (Wildman–Crippen MR) is 110 cm³/mol. The molecule has 0 aromatic heterocycles. The molecule has 1 aliphatic rings. The molecule has 2 atom stereocenters. The molecule has 0 saturated heterocycles. The van der Waals surface area contributed by atoms with Crippen molar-refractivity contribution in [2.75, 3.05) is 0 Å². The third-order valence-corrected chi connectivity index (χ3v) is 4.83. The number of rotatable bonds is 4. The average molecular weight is 368 g/mol. The van der Waals surface area contributed by atoms with Crippen LogP contribution in [-0.4, -0.2) is 16.3 Å². The summed E-state index contributed by atoms with van der Waals surface area (Å²) in [4.78, 5) is 0. The first kappa shape index (κ1) is 17.9. The van der Waals surface area contributed by atoms with Crippen LogP contribution in [0.1, 0.15) is 11.1 Å². The van der Waals surface area contributed by atoms with Crippen molar-refractivity contribution < 1.29 is 10.2 Å². The van der Waals surface area contributed by atoms with Crippen LogP contribution in [0.3, 0.4) is 0 Å². The number of benzene rings is 3. The lowest BCUT2D eigenvalue weighted by molar-refractivity contribution is 0.150. The normalized spacial score (nSPS) is 21.6. The van der Waals surface area contributed by atoms with E-state index in [0.29, 0.717) is 5.69 Å². The number of nitrogens with zero attached hydrogens (tertiary/aromatic N) is 2. The minimum absolute atomic E-state index is 0.0440. The van der Waals surface area contributed by atoms with Crippen LogP contribution in [0, 0.1) is 0 Å². The fourth-order valence-corrected chi connectivity index (χ4v) is 3.31. The summed E-state index contributed by atoms with van der Waals surface area (Å²) in [5.41, 5.74) is 2.06. The van der Waals surface area contributed by atoms with Crippen molar-refractivity contribution in [2.24, 2.45) is 10.2 Å². The Kier molecular flexibility index (Phi) is 4.87. The second kappa shape index (κ2) is 7.62. The maximum atomic E-state index is 10.9. The number of hydrogen-bond acceptors (Lipinski definition) is 4. The zero-order chi connectivity index (χ0) is 19.4. The zero-order valence-corrected chi connectivity index (χ0v) is 15.2. The molecule has 0 saturated carbocycles. The van der Waals surface area contributed by atoms with Gasteiger partial charge in [0.15, 0.2) is 5.54 Å². The maximum Gasteiger partial charge on any atom is 0.155 e. The molecule has 1 aliphatic carbocycles. The van der Waals surface area contributed by atoms with Crippen LogP contribution >= 0.6 is 0 Å². The monoisotopic (exact) mass is 368 g/mol. The number of azo groups is 1. The lowest BCUT2D eigenvalue weighted by Crippen LogP contribution is -2.36. The summed E-state index contributed by atoms with van der Waals surface area (Å²) >= 11 is 0. The van der Waals surface area contributed by atoms with Gasteiger partial charge in [0.05, 0.1) is 0 Å². The third-order valence-electron chi connectivity index (χ3n) is 4.83. The van der Waals surface area contributed by atoms with Crippen molar-refractivity contribution in [2.45, 2.75) is 11.6 Å². The van der Waals surface area contributed by atoms with Gasteiger partial charge in [-0.15, -0.1) is 0 Å². The highest BCUT2D eigenvalue weighted by molar-refractivity contribution is 5.77. The van der Waals surface area contributed by atoms with Gasteiger partial charge in [-0.1, -0.05) is 84.9 Å².